The molecule has 15 heavy (non-hydrogen) atoms. The third kappa shape index (κ3) is 0.577. The highest BCUT2D eigenvalue weighted by atomic mass is 16.6. The van der Waals surface area contributed by atoms with Crippen molar-refractivity contribution >= 4 is 11.9 Å². The number of ether oxygens (including phenoxy) is 1. The third-order valence-electron chi connectivity index (χ3n) is 5.68. The lowest BCUT2D eigenvalue weighted by Crippen LogP contribution is -2.45. The first kappa shape index (κ1) is 8.31. The van der Waals surface area contributed by atoms with Crippen molar-refractivity contribution in [3.63, 3.8) is 0 Å². The quantitative estimate of drug-likeness (QED) is 0.447. The molecular weight excluding hydrogens is 192 g/mol. The van der Waals surface area contributed by atoms with Gasteiger partial charge in [-0.25, -0.2) is 0 Å². The third-order valence-corrected chi connectivity index (χ3v) is 5.68. The van der Waals surface area contributed by atoms with Gasteiger partial charge in [-0.1, -0.05) is 6.42 Å². The summed E-state index contributed by atoms with van der Waals surface area (Å²) in [6.45, 7) is 0. The van der Waals surface area contributed by atoms with Crippen LogP contribution in [-0.2, 0) is 14.3 Å². The summed E-state index contributed by atoms with van der Waals surface area (Å²) in [6, 6.07) is 0. The normalized spacial score (nSPS) is 55.7. The average molecular weight is 206 g/mol. The van der Waals surface area contributed by atoms with Crippen LogP contribution >= 0.6 is 0 Å². The Kier molecular flexibility index (Phi) is 1.18. The van der Waals surface area contributed by atoms with E-state index in [1.165, 1.54) is 0 Å². The van der Waals surface area contributed by atoms with Crippen LogP contribution in [0.25, 0.3) is 0 Å². The maximum absolute atomic E-state index is 12.0. The first-order valence-electron chi connectivity index (χ1n) is 5.98. The number of cyclic esters (lactones) is 2. The molecule has 4 rings (SSSR count). The molecule has 0 amide bonds. The van der Waals surface area contributed by atoms with Crippen molar-refractivity contribution in [2.45, 2.75) is 38.5 Å². The minimum atomic E-state index is -0.368. The van der Waals surface area contributed by atoms with Crippen LogP contribution in [0.4, 0.5) is 0 Å². The highest BCUT2D eigenvalue weighted by Gasteiger charge is 2.80. The summed E-state index contributed by atoms with van der Waals surface area (Å²) < 4.78 is 4.98. The first-order valence-corrected chi connectivity index (χ1v) is 5.98. The molecule has 0 radical (unpaired) electrons. The summed E-state index contributed by atoms with van der Waals surface area (Å²) in [5, 5.41) is 0. The molecule has 0 aromatic carbocycles. The number of fused-ring (bicyclic) bond motifs is 2. The van der Waals surface area contributed by atoms with Crippen molar-refractivity contribution in [1.29, 1.82) is 0 Å². The Morgan fingerprint density at radius 1 is 1.00 bits per heavy atom. The molecule has 3 nitrogen and oxygen atoms in total. The van der Waals surface area contributed by atoms with Crippen molar-refractivity contribution in [2.75, 3.05) is 0 Å². The molecular formula is C12H14O3. The van der Waals surface area contributed by atoms with Gasteiger partial charge in [-0.2, -0.15) is 0 Å². The standard InChI is InChI=1S/C12H14O3/c13-9-11-4-1-5-12(11,10(14)15-9)8-3-2-7(11)6-8/h7-8H,1-6H2/t7-,8+,11+,12-. The molecule has 80 valence electrons. The topological polar surface area (TPSA) is 43.4 Å². The second-order valence-electron chi connectivity index (χ2n) is 5.68. The van der Waals surface area contributed by atoms with Gasteiger partial charge >= 0.3 is 11.9 Å². The SMILES string of the molecule is O=C1OC(=O)[C@@]23CCC[C@@]12[C@H]1CC[C@@H]3C1. The van der Waals surface area contributed by atoms with Gasteiger partial charge in [0.25, 0.3) is 0 Å². The van der Waals surface area contributed by atoms with Crippen LogP contribution in [0.1, 0.15) is 38.5 Å². The van der Waals surface area contributed by atoms with E-state index in [0.717, 1.165) is 38.5 Å². The number of carbonyl (C=O) groups is 2. The van der Waals surface area contributed by atoms with Gasteiger partial charge in [-0.05, 0) is 43.9 Å². The maximum atomic E-state index is 12.0. The lowest BCUT2D eigenvalue weighted by Gasteiger charge is -2.37. The second-order valence-corrected chi connectivity index (χ2v) is 5.68. The maximum Gasteiger partial charge on any atom is 0.321 e. The Bertz CT molecular complexity index is 354. The fraction of sp³-hybridized carbons (Fsp3) is 0.833. The molecule has 0 N–H and O–H groups in total. The fourth-order valence-corrected chi connectivity index (χ4v) is 5.27. The number of hydrogen-bond acceptors (Lipinski definition) is 3. The van der Waals surface area contributed by atoms with Gasteiger partial charge < -0.3 is 4.74 Å². The van der Waals surface area contributed by atoms with Gasteiger partial charge in [0.15, 0.2) is 0 Å². The van der Waals surface area contributed by atoms with E-state index in [1.54, 1.807) is 0 Å². The van der Waals surface area contributed by atoms with Crippen molar-refractivity contribution < 1.29 is 14.3 Å². The molecule has 1 aliphatic heterocycles. The average Bonchev–Trinajstić information content (AvgIpc) is 2.89. The Morgan fingerprint density at radius 2 is 1.53 bits per heavy atom. The predicted molar refractivity (Wildman–Crippen MR) is 50.6 cm³/mol. The molecule has 2 bridgehead atoms. The van der Waals surface area contributed by atoms with E-state index >= 15 is 0 Å². The summed E-state index contributed by atoms with van der Waals surface area (Å²) in [6.07, 6.45) is 6.20. The molecule has 0 aromatic heterocycles. The monoisotopic (exact) mass is 206 g/mol. The van der Waals surface area contributed by atoms with Crippen LogP contribution in [0.2, 0.25) is 0 Å². The van der Waals surface area contributed by atoms with Crippen LogP contribution in [0.15, 0.2) is 0 Å². The van der Waals surface area contributed by atoms with Gasteiger partial charge in [0.1, 0.15) is 0 Å². The summed E-state index contributed by atoms with van der Waals surface area (Å²) in [7, 11) is 0. The van der Waals surface area contributed by atoms with E-state index in [0.29, 0.717) is 11.8 Å². The number of rotatable bonds is 0. The van der Waals surface area contributed by atoms with Crippen LogP contribution in [-0.4, -0.2) is 11.9 Å². The van der Waals surface area contributed by atoms with Crippen LogP contribution in [0.5, 0.6) is 0 Å². The zero-order valence-corrected chi connectivity index (χ0v) is 8.62. The van der Waals surface area contributed by atoms with E-state index in [1.807, 2.05) is 0 Å². The zero-order valence-electron chi connectivity index (χ0n) is 8.62. The number of esters is 2. The summed E-state index contributed by atoms with van der Waals surface area (Å²) in [5.41, 5.74) is -0.736. The summed E-state index contributed by atoms with van der Waals surface area (Å²) in [5.74, 6) is 0.530. The molecule has 1 saturated heterocycles. The molecule has 0 spiro atoms. The minimum absolute atomic E-state index is 0.183. The van der Waals surface area contributed by atoms with Gasteiger partial charge in [0.2, 0.25) is 0 Å². The number of carbonyl (C=O) groups excluding carboxylic acids is 2. The van der Waals surface area contributed by atoms with E-state index in [9.17, 15) is 9.59 Å². The lowest BCUT2D eigenvalue weighted by atomic mass is 9.59. The smallest absolute Gasteiger partial charge is 0.321 e. The molecule has 3 heteroatoms. The van der Waals surface area contributed by atoms with Crippen molar-refractivity contribution in [2.24, 2.45) is 22.7 Å². The molecule has 3 aliphatic carbocycles. The minimum Gasteiger partial charge on any atom is -0.392 e. The van der Waals surface area contributed by atoms with Crippen LogP contribution in [0.3, 0.4) is 0 Å². The Balaban J connectivity index is 2.01. The van der Waals surface area contributed by atoms with Gasteiger partial charge in [-0.3, -0.25) is 9.59 Å². The largest absolute Gasteiger partial charge is 0.392 e. The zero-order chi connectivity index (χ0) is 10.3. The van der Waals surface area contributed by atoms with E-state index in [4.69, 9.17) is 4.74 Å². The van der Waals surface area contributed by atoms with Crippen LogP contribution < -0.4 is 0 Å². The predicted octanol–water partition coefficient (Wildman–Crippen LogP) is 1.66. The lowest BCUT2D eigenvalue weighted by molar-refractivity contribution is -0.158. The van der Waals surface area contributed by atoms with E-state index in [-0.39, 0.29) is 22.8 Å². The van der Waals surface area contributed by atoms with Crippen molar-refractivity contribution in [3.8, 4) is 0 Å². The molecule has 4 atom stereocenters. The Labute approximate surface area is 88.2 Å². The van der Waals surface area contributed by atoms with Crippen molar-refractivity contribution in [3.05, 3.63) is 0 Å². The molecule has 3 saturated carbocycles. The highest BCUT2D eigenvalue weighted by Crippen LogP contribution is 2.76. The first-order chi connectivity index (χ1) is 7.22. The Morgan fingerprint density at radius 3 is 2.07 bits per heavy atom. The number of hydrogen-bond donors (Lipinski definition) is 0. The molecule has 1 heterocycles. The Hall–Kier alpha value is -0.860. The molecule has 4 aliphatic rings. The van der Waals surface area contributed by atoms with E-state index in [2.05, 4.69) is 0 Å². The van der Waals surface area contributed by atoms with Crippen molar-refractivity contribution in [1.82, 2.24) is 0 Å². The van der Waals surface area contributed by atoms with Gasteiger partial charge in [-0.15, -0.1) is 0 Å². The molecule has 0 unspecified atom stereocenters. The second kappa shape index (κ2) is 2.13. The highest BCUT2D eigenvalue weighted by molar-refractivity contribution is 6.03. The van der Waals surface area contributed by atoms with Gasteiger partial charge in [0, 0.05) is 0 Å². The summed E-state index contributed by atoms with van der Waals surface area (Å²) in [4.78, 5) is 24.0. The van der Waals surface area contributed by atoms with Crippen LogP contribution in [0, 0.1) is 22.7 Å². The van der Waals surface area contributed by atoms with Gasteiger partial charge in [0.05, 0.1) is 10.8 Å². The molecule has 4 fully saturated rings. The summed E-state index contributed by atoms with van der Waals surface area (Å²) >= 11 is 0. The fourth-order valence-electron chi connectivity index (χ4n) is 5.27. The van der Waals surface area contributed by atoms with E-state index < -0.39 is 0 Å². The molecule has 0 aromatic rings.